The van der Waals surface area contributed by atoms with Crippen molar-refractivity contribution in [2.24, 2.45) is 0 Å². The highest BCUT2D eigenvalue weighted by Crippen LogP contribution is 2.25. The molecule has 138 valence electrons. The summed E-state index contributed by atoms with van der Waals surface area (Å²) in [6.07, 6.45) is 1.23. The van der Waals surface area contributed by atoms with E-state index >= 15 is 0 Å². The Kier molecular flexibility index (Phi) is 4.50. The Labute approximate surface area is 159 Å². The molecule has 0 bridgehead atoms. The Balaban J connectivity index is 1.56. The third-order valence-corrected chi connectivity index (χ3v) is 6.07. The van der Waals surface area contributed by atoms with Gasteiger partial charge in [-0.1, -0.05) is 42.5 Å². The third-order valence-electron chi connectivity index (χ3n) is 4.96. The molecule has 1 heterocycles. The number of benzene rings is 3. The molecule has 4 aromatic rings. The second kappa shape index (κ2) is 6.83. The monoisotopic (exact) mass is 378 g/mol. The van der Waals surface area contributed by atoms with E-state index in [4.69, 9.17) is 0 Å². The van der Waals surface area contributed by atoms with Gasteiger partial charge in [-0.2, -0.15) is 0 Å². The molecule has 2 N–H and O–H groups in total. The molecule has 4 rings (SSSR count). The number of fused-ring (bicyclic) bond motifs is 2. The van der Waals surface area contributed by atoms with Gasteiger partial charge in [0, 0.05) is 35.4 Å². The number of hydrogen-bond donors (Lipinski definition) is 2. The van der Waals surface area contributed by atoms with Gasteiger partial charge >= 0.3 is 0 Å². The van der Waals surface area contributed by atoms with Crippen molar-refractivity contribution < 1.29 is 8.42 Å². The summed E-state index contributed by atoms with van der Waals surface area (Å²) in [5, 5.41) is 6.97. The number of H-pyrrole nitrogens is 1. The van der Waals surface area contributed by atoms with Gasteiger partial charge in [0.2, 0.25) is 0 Å². The van der Waals surface area contributed by atoms with Crippen LogP contribution in [0.5, 0.6) is 0 Å². The minimum absolute atomic E-state index is 0.189. The Hall–Kier alpha value is -2.63. The van der Waals surface area contributed by atoms with Crippen molar-refractivity contribution in [3.8, 4) is 0 Å². The zero-order valence-corrected chi connectivity index (χ0v) is 16.2. The van der Waals surface area contributed by atoms with Crippen LogP contribution >= 0.6 is 0 Å². The maximum absolute atomic E-state index is 11.7. The van der Waals surface area contributed by atoms with E-state index in [1.54, 1.807) is 12.1 Å². The molecule has 4 nitrogen and oxygen atoms in total. The number of rotatable bonds is 5. The predicted octanol–water partition coefficient (Wildman–Crippen LogP) is 4.58. The van der Waals surface area contributed by atoms with Crippen LogP contribution in [-0.2, 0) is 16.4 Å². The quantitative estimate of drug-likeness (QED) is 0.534. The van der Waals surface area contributed by atoms with Crippen molar-refractivity contribution in [3.05, 3.63) is 78.0 Å². The topological polar surface area (TPSA) is 62.0 Å². The second-order valence-corrected chi connectivity index (χ2v) is 9.00. The lowest BCUT2D eigenvalue weighted by molar-refractivity contribution is 0.573. The summed E-state index contributed by atoms with van der Waals surface area (Å²) in [7, 11) is -3.20. The molecule has 0 saturated heterocycles. The molecule has 1 aromatic heterocycles. The fourth-order valence-electron chi connectivity index (χ4n) is 3.50. The first-order chi connectivity index (χ1) is 12.9. The van der Waals surface area contributed by atoms with E-state index in [0.29, 0.717) is 11.4 Å². The Bertz CT molecular complexity index is 1220. The summed E-state index contributed by atoms with van der Waals surface area (Å²) < 4.78 is 23.5. The Morgan fingerprint density at radius 1 is 0.963 bits per heavy atom. The summed E-state index contributed by atoms with van der Waals surface area (Å²) in [5.74, 6) is 0. The molecular formula is C22H22N2O2S. The minimum atomic E-state index is -3.20. The highest BCUT2D eigenvalue weighted by Gasteiger charge is 2.11. The Morgan fingerprint density at radius 2 is 1.74 bits per heavy atom. The molecule has 0 fully saturated rings. The molecule has 0 aliphatic rings. The standard InChI is InChI=1S/C22H22N2O2S/c1-15(20-9-5-7-16-6-3-4-8-21(16)20)23-14-18-12-17-13-19(27(2,25)26)10-11-22(17)24-18/h3-13,15,23-24H,14H2,1-2H3/t15-/m1/s1. The van der Waals surface area contributed by atoms with Crippen LogP contribution in [0.15, 0.2) is 71.6 Å². The average Bonchev–Trinajstić information content (AvgIpc) is 3.07. The van der Waals surface area contributed by atoms with Gasteiger partial charge < -0.3 is 10.3 Å². The first-order valence-corrected chi connectivity index (χ1v) is 10.8. The summed E-state index contributed by atoms with van der Waals surface area (Å²) in [6, 6.07) is 22.2. The highest BCUT2D eigenvalue weighted by molar-refractivity contribution is 7.90. The zero-order valence-electron chi connectivity index (χ0n) is 15.4. The lowest BCUT2D eigenvalue weighted by Crippen LogP contribution is -2.18. The van der Waals surface area contributed by atoms with E-state index in [1.807, 2.05) is 12.1 Å². The van der Waals surface area contributed by atoms with Crippen LogP contribution in [0.1, 0.15) is 24.2 Å². The largest absolute Gasteiger partial charge is 0.357 e. The van der Waals surface area contributed by atoms with Gasteiger partial charge in [-0.25, -0.2) is 8.42 Å². The van der Waals surface area contributed by atoms with Crippen molar-refractivity contribution in [3.63, 3.8) is 0 Å². The maximum Gasteiger partial charge on any atom is 0.175 e. The van der Waals surface area contributed by atoms with Crippen LogP contribution in [0.25, 0.3) is 21.7 Å². The lowest BCUT2D eigenvalue weighted by Gasteiger charge is -2.16. The molecule has 5 heteroatoms. The molecule has 0 saturated carbocycles. The molecule has 0 radical (unpaired) electrons. The van der Waals surface area contributed by atoms with Crippen LogP contribution in [0, 0.1) is 0 Å². The molecule has 1 atom stereocenters. The fraction of sp³-hybridized carbons (Fsp3) is 0.182. The van der Waals surface area contributed by atoms with Crippen LogP contribution in [0.2, 0.25) is 0 Å². The highest BCUT2D eigenvalue weighted by atomic mass is 32.2. The summed E-state index contributed by atoms with van der Waals surface area (Å²) in [4.78, 5) is 3.71. The maximum atomic E-state index is 11.7. The normalized spacial score (nSPS) is 13.3. The first kappa shape index (κ1) is 17.8. The van der Waals surface area contributed by atoms with E-state index in [0.717, 1.165) is 16.6 Å². The zero-order chi connectivity index (χ0) is 19.0. The summed E-state index contributed by atoms with van der Waals surface area (Å²) in [5.41, 5.74) is 3.24. The molecule has 27 heavy (non-hydrogen) atoms. The van der Waals surface area contributed by atoms with Crippen molar-refractivity contribution in [1.82, 2.24) is 10.3 Å². The fourth-order valence-corrected chi connectivity index (χ4v) is 4.15. The van der Waals surface area contributed by atoms with E-state index in [1.165, 1.54) is 22.6 Å². The first-order valence-electron chi connectivity index (χ1n) is 8.94. The van der Waals surface area contributed by atoms with Crippen molar-refractivity contribution >= 4 is 31.5 Å². The van der Waals surface area contributed by atoms with Crippen molar-refractivity contribution in [1.29, 1.82) is 0 Å². The number of hydrogen-bond acceptors (Lipinski definition) is 3. The van der Waals surface area contributed by atoms with Gasteiger partial charge in [-0.05, 0) is 47.5 Å². The molecule has 0 aliphatic heterocycles. The number of nitrogens with one attached hydrogen (secondary N) is 2. The summed E-state index contributed by atoms with van der Waals surface area (Å²) in [6.45, 7) is 2.83. The van der Waals surface area contributed by atoms with Gasteiger partial charge in [-0.3, -0.25) is 0 Å². The summed E-state index contributed by atoms with van der Waals surface area (Å²) >= 11 is 0. The van der Waals surface area contributed by atoms with E-state index in [-0.39, 0.29) is 6.04 Å². The molecule has 0 spiro atoms. The van der Waals surface area contributed by atoms with E-state index in [9.17, 15) is 8.42 Å². The number of sulfone groups is 1. The second-order valence-electron chi connectivity index (χ2n) is 6.99. The molecular weight excluding hydrogens is 356 g/mol. The van der Waals surface area contributed by atoms with Gasteiger partial charge in [0.05, 0.1) is 4.90 Å². The smallest absolute Gasteiger partial charge is 0.175 e. The lowest BCUT2D eigenvalue weighted by atomic mass is 10.00. The molecule has 0 unspecified atom stereocenters. The molecule has 0 aliphatic carbocycles. The molecule has 0 amide bonds. The van der Waals surface area contributed by atoms with Gasteiger partial charge in [0.1, 0.15) is 0 Å². The minimum Gasteiger partial charge on any atom is -0.357 e. The molecule has 3 aromatic carbocycles. The SMILES string of the molecule is C[C@@H](NCc1cc2cc(S(C)(=O)=O)ccc2[nH]1)c1cccc2ccccc12. The average molecular weight is 378 g/mol. The van der Waals surface area contributed by atoms with Crippen LogP contribution in [-0.4, -0.2) is 19.7 Å². The van der Waals surface area contributed by atoms with E-state index < -0.39 is 9.84 Å². The Morgan fingerprint density at radius 3 is 2.56 bits per heavy atom. The van der Waals surface area contributed by atoms with Crippen molar-refractivity contribution in [2.75, 3.05) is 6.26 Å². The van der Waals surface area contributed by atoms with Crippen molar-refractivity contribution in [2.45, 2.75) is 24.4 Å². The van der Waals surface area contributed by atoms with Gasteiger partial charge in [0.15, 0.2) is 9.84 Å². The van der Waals surface area contributed by atoms with Crippen LogP contribution < -0.4 is 5.32 Å². The number of aromatic nitrogens is 1. The van der Waals surface area contributed by atoms with Gasteiger partial charge in [0.25, 0.3) is 0 Å². The third kappa shape index (κ3) is 3.61. The van der Waals surface area contributed by atoms with Crippen LogP contribution in [0.3, 0.4) is 0 Å². The van der Waals surface area contributed by atoms with Gasteiger partial charge in [-0.15, -0.1) is 0 Å². The predicted molar refractivity (Wildman–Crippen MR) is 111 cm³/mol. The number of aromatic amines is 1. The van der Waals surface area contributed by atoms with E-state index in [2.05, 4.69) is 59.7 Å². The van der Waals surface area contributed by atoms with Crippen LogP contribution in [0.4, 0.5) is 0 Å².